The fourth-order valence-corrected chi connectivity index (χ4v) is 2.70. The van der Waals surface area contributed by atoms with E-state index in [9.17, 15) is 9.18 Å². The molecule has 0 bridgehead atoms. The van der Waals surface area contributed by atoms with E-state index >= 15 is 0 Å². The van der Waals surface area contributed by atoms with Gasteiger partial charge in [-0.1, -0.05) is 12.1 Å². The lowest BCUT2D eigenvalue weighted by atomic mass is 10.00. The minimum absolute atomic E-state index is 0.293. The SMILES string of the molecule is CSc1ccc(/C(C=O)=C(/c2ccc(F)cc2)N(C)C)cc1. The zero-order valence-corrected chi connectivity index (χ0v) is 13.7. The van der Waals surface area contributed by atoms with Gasteiger partial charge in [0.15, 0.2) is 6.29 Å². The van der Waals surface area contributed by atoms with Crippen molar-refractivity contribution in [2.45, 2.75) is 4.90 Å². The first-order valence-corrected chi connectivity index (χ1v) is 8.06. The summed E-state index contributed by atoms with van der Waals surface area (Å²) in [6.07, 6.45) is 2.86. The van der Waals surface area contributed by atoms with Crippen molar-refractivity contribution in [1.29, 1.82) is 0 Å². The Morgan fingerprint density at radius 3 is 2.00 bits per heavy atom. The average molecular weight is 315 g/mol. The van der Waals surface area contributed by atoms with Crippen LogP contribution in [0, 0.1) is 5.82 Å². The van der Waals surface area contributed by atoms with Crippen LogP contribution in [0.15, 0.2) is 53.4 Å². The van der Waals surface area contributed by atoms with E-state index in [0.29, 0.717) is 5.57 Å². The molecule has 2 aromatic rings. The first-order chi connectivity index (χ1) is 10.6. The van der Waals surface area contributed by atoms with Gasteiger partial charge >= 0.3 is 0 Å². The van der Waals surface area contributed by atoms with E-state index in [0.717, 1.165) is 28.0 Å². The molecule has 0 heterocycles. The van der Waals surface area contributed by atoms with Gasteiger partial charge in [-0.25, -0.2) is 4.39 Å². The van der Waals surface area contributed by atoms with Gasteiger partial charge in [-0.15, -0.1) is 11.8 Å². The molecule has 0 radical (unpaired) electrons. The Kier molecular flexibility index (Phi) is 5.39. The summed E-state index contributed by atoms with van der Waals surface area (Å²) in [5, 5.41) is 0. The summed E-state index contributed by atoms with van der Waals surface area (Å²) in [4.78, 5) is 14.7. The molecule has 4 heteroatoms. The van der Waals surface area contributed by atoms with Gasteiger partial charge in [0.2, 0.25) is 0 Å². The number of rotatable bonds is 5. The molecule has 2 aromatic carbocycles. The summed E-state index contributed by atoms with van der Waals surface area (Å²) in [7, 11) is 3.75. The molecule has 2 rings (SSSR count). The molecule has 0 atom stereocenters. The number of carbonyl (C=O) groups excluding carboxylic acids is 1. The molecule has 0 aliphatic rings. The van der Waals surface area contributed by atoms with E-state index in [1.807, 2.05) is 49.5 Å². The molecule has 0 unspecified atom stereocenters. The van der Waals surface area contributed by atoms with E-state index in [-0.39, 0.29) is 5.82 Å². The zero-order valence-electron chi connectivity index (χ0n) is 12.8. The van der Waals surface area contributed by atoms with Crippen LogP contribution in [0.3, 0.4) is 0 Å². The van der Waals surface area contributed by atoms with Crippen LogP contribution in [0.5, 0.6) is 0 Å². The van der Waals surface area contributed by atoms with Gasteiger partial charge in [0.25, 0.3) is 0 Å². The van der Waals surface area contributed by atoms with Crippen molar-refractivity contribution >= 4 is 29.3 Å². The second-order valence-electron chi connectivity index (χ2n) is 5.01. The molecule has 0 spiro atoms. The van der Waals surface area contributed by atoms with Gasteiger partial charge in [0.1, 0.15) is 5.82 Å². The van der Waals surface area contributed by atoms with Crippen molar-refractivity contribution in [2.24, 2.45) is 0 Å². The molecule has 22 heavy (non-hydrogen) atoms. The number of thioether (sulfide) groups is 1. The van der Waals surface area contributed by atoms with E-state index < -0.39 is 0 Å². The first kappa shape index (κ1) is 16.3. The van der Waals surface area contributed by atoms with Crippen LogP contribution >= 0.6 is 11.8 Å². The lowest BCUT2D eigenvalue weighted by Crippen LogP contribution is -2.13. The quantitative estimate of drug-likeness (QED) is 0.357. The Morgan fingerprint density at radius 1 is 1.00 bits per heavy atom. The van der Waals surface area contributed by atoms with Crippen LogP contribution in [0.2, 0.25) is 0 Å². The van der Waals surface area contributed by atoms with Gasteiger partial charge in [-0.2, -0.15) is 0 Å². The second-order valence-corrected chi connectivity index (χ2v) is 5.89. The summed E-state index contributed by atoms with van der Waals surface area (Å²) in [5.74, 6) is -0.293. The van der Waals surface area contributed by atoms with Crippen molar-refractivity contribution in [3.8, 4) is 0 Å². The Balaban J connectivity index is 2.58. The van der Waals surface area contributed by atoms with E-state index in [2.05, 4.69) is 0 Å². The number of carbonyl (C=O) groups is 1. The first-order valence-electron chi connectivity index (χ1n) is 6.84. The molecule has 2 nitrogen and oxygen atoms in total. The van der Waals surface area contributed by atoms with Gasteiger partial charge in [0.05, 0.1) is 5.70 Å². The topological polar surface area (TPSA) is 20.3 Å². The summed E-state index contributed by atoms with van der Waals surface area (Å²) in [5.41, 5.74) is 3.01. The van der Waals surface area contributed by atoms with Gasteiger partial charge in [0, 0.05) is 24.6 Å². The molecule has 114 valence electrons. The molecule has 0 saturated heterocycles. The zero-order chi connectivity index (χ0) is 16.1. The number of benzene rings is 2. The molecule has 0 aliphatic carbocycles. The third-order valence-electron chi connectivity index (χ3n) is 3.34. The predicted molar refractivity (Wildman–Crippen MR) is 91.2 cm³/mol. The molecule has 0 N–H and O–H groups in total. The van der Waals surface area contributed by atoms with Crippen LogP contribution in [-0.2, 0) is 4.79 Å². The number of nitrogens with zero attached hydrogens (tertiary/aromatic N) is 1. The van der Waals surface area contributed by atoms with Crippen molar-refractivity contribution < 1.29 is 9.18 Å². The third-order valence-corrected chi connectivity index (χ3v) is 4.08. The van der Waals surface area contributed by atoms with E-state index in [1.165, 1.54) is 12.1 Å². The molecular weight excluding hydrogens is 297 g/mol. The molecular formula is C18H18FNOS. The highest BCUT2D eigenvalue weighted by atomic mass is 32.2. The van der Waals surface area contributed by atoms with Crippen LogP contribution < -0.4 is 0 Å². The highest BCUT2D eigenvalue weighted by molar-refractivity contribution is 7.98. The molecule has 0 aromatic heterocycles. The number of hydrogen-bond donors (Lipinski definition) is 0. The largest absolute Gasteiger partial charge is 0.377 e. The minimum Gasteiger partial charge on any atom is -0.377 e. The molecule has 0 saturated carbocycles. The number of aldehydes is 1. The Bertz CT molecular complexity index is 675. The van der Waals surface area contributed by atoms with Crippen LogP contribution in [0.25, 0.3) is 11.3 Å². The maximum absolute atomic E-state index is 13.1. The highest BCUT2D eigenvalue weighted by Crippen LogP contribution is 2.28. The summed E-state index contributed by atoms with van der Waals surface area (Å²) in [6.45, 7) is 0. The number of hydrogen-bond acceptors (Lipinski definition) is 3. The summed E-state index contributed by atoms with van der Waals surface area (Å²) < 4.78 is 13.1. The fraction of sp³-hybridized carbons (Fsp3) is 0.167. The van der Waals surface area contributed by atoms with Crippen LogP contribution in [-0.4, -0.2) is 31.5 Å². The average Bonchev–Trinajstić information content (AvgIpc) is 2.53. The number of halogens is 1. The number of allylic oxidation sites excluding steroid dienone is 1. The maximum atomic E-state index is 13.1. The lowest BCUT2D eigenvalue weighted by molar-refractivity contribution is -0.103. The fourth-order valence-electron chi connectivity index (χ4n) is 2.29. The monoisotopic (exact) mass is 315 g/mol. The van der Waals surface area contributed by atoms with Crippen molar-refractivity contribution in [2.75, 3.05) is 20.4 Å². The molecule has 0 fully saturated rings. The van der Waals surface area contributed by atoms with Crippen molar-refractivity contribution in [1.82, 2.24) is 4.90 Å². The van der Waals surface area contributed by atoms with Crippen LogP contribution in [0.1, 0.15) is 11.1 Å². The normalized spacial score (nSPS) is 11.8. The Hall–Kier alpha value is -2.07. The third kappa shape index (κ3) is 3.57. The Labute approximate surface area is 134 Å². The standard InChI is InChI=1S/C18H18FNOS/c1-20(2)18(14-4-8-15(19)9-5-14)17(12-21)13-6-10-16(22-3)11-7-13/h4-12H,1-3H3/b18-17-. The van der Waals surface area contributed by atoms with Crippen molar-refractivity contribution in [3.63, 3.8) is 0 Å². The van der Waals surface area contributed by atoms with Gasteiger partial charge in [-0.05, 0) is 53.8 Å². The van der Waals surface area contributed by atoms with E-state index in [4.69, 9.17) is 0 Å². The summed E-state index contributed by atoms with van der Waals surface area (Å²) in [6, 6.07) is 14.0. The predicted octanol–water partition coefficient (Wildman–Crippen LogP) is 4.18. The highest BCUT2D eigenvalue weighted by Gasteiger charge is 2.13. The summed E-state index contributed by atoms with van der Waals surface area (Å²) >= 11 is 1.65. The lowest BCUT2D eigenvalue weighted by Gasteiger charge is -2.20. The van der Waals surface area contributed by atoms with Crippen LogP contribution in [0.4, 0.5) is 4.39 Å². The smallest absolute Gasteiger partial charge is 0.152 e. The van der Waals surface area contributed by atoms with Gasteiger partial charge in [-0.3, -0.25) is 4.79 Å². The minimum atomic E-state index is -0.293. The Morgan fingerprint density at radius 2 is 1.55 bits per heavy atom. The molecule has 0 amide bonds. The second kappa shape index (κ2) is 7.27. The van der Waals surface area contributed by atoms with Crippen molar-refractivity contribution in [3.05, 3.63) is 65.5 Å². The molecule has 0 aliphatic heterocycles. The maximum Gasteiger partial charge on any atom is 0.152 e. The van der Waals surface area contributed by atoms with Gasteiger partial charge < -0.3 is 4.90 Å². The van der Waals surface area contributed by atoms with E-state index in [1.54, 1.807) is 23.9 Å².